The molecule has 0 aliphatic carbocycles. The van der Waals surface area contributed by atoms with Crippen LogP contribution in [-0.4, -0.2) is 11.1 Å². The van der Waals surface area contributed by atoms with E-state index in [1.54, 1.807) is 24.3 Å². The molecule has 0 atom stereocenters. The average Bonchev–Trinajstić information content (AvgIpc) is 2.77. The first-order valence-corrected chi connectivity index (χ1v) is 5.96. The first kappa shape index (κ1) is 12.1. The number of nitrogens with zero attached hydrogens (tertiary/aromatic N) is 1. The smallest absolute Gasteiger partial charge is 0.251 e. The number of amides is 1. The zero-order chi connectivity index (χ0) is 12.3. The SMILES string of the molecule is O=C(NCc1ccon1)c1cc(Cl)cc(Br)c1. The van der Waals surface area contributed by atoms with Gasteiger partial charge in [-0.2, -0.15) is 0 Å². The summed E-state index contributed by atoms with van der Waals surface area (Å²) in [5, 5.41) is 6.91. The van der Waals surface area contributed by atoms with Crippen LogP contribution in [0, 0.1) is 0 Å². The highest BCUT2D eigenvalue weighted by Crippen LogP contribution is 2.19. The summed E-state index contributed by atoms with van der Waals surface area (Å²) < 4.78 is 5.42. The molecule has 4 nitrogen and oxygen atoms in total. The van der Waals surface area contributed by atoms with E-state index in [1.165, 1.54) is 6.26 Å². The third-order valence-electron chi connectivity index (χ3n) is 2.05. The Morgan fingerprint density at radius 2 is 2.29 bits per heavy atom. The fraction of sp³-hybridized carbons (Fsp3) is 0.0909. The molecule has 0 radical (unpaired) electrons. The zero-order valence-electron chi connectivity index (χ0n) is 8.61. The molecule has 2 aromatic rings. The molecule has 1 amide bonds. The van der Waals surface area contributed by atoms with Crippen LogP contribution in [0.5, 0.6) is 0 Å². The lowest BCUT2D eigenvalue weighted by Crippen LogP contribution is -2.22. The van der Waals surface area contributed by atoms with Gasteiger partial charge in [0.2, 0.25) is 0 Å². The molecule has 1 heterocycles. The van der Waals surface area contributed by atoms with Crippen LogP contribution in [0.25, 0.3) is 0 Å². The number of carbonyl (C=O) groups is 1. The van der Waals surface area contributed by atoms with E-state index in [1.807, 2.05) is 0 Å². The molecule has 0 saturated heterocycles. The zero-order valence-corrected chi connectivity index (χ0v) is 11.0. The van der Waals surface area contributed by atoms with Crippen molar-refractivity contribution in [3.8, 4) is 0 Å². The number of halogens is 2. The standard InChI is InChI=1S/C11H8BrClN2O2/c12-8-3-7(4-9(13)5-8)11(16)14-6-10-1-2-17-15-10/h1-5H,6H2,(H,14,16). The van der Waals surface area contributed by atoms with Crippen molar-refractivity contribution in [3.63, 3.8) is 0 Å². The van der Waals surface area contributed by atoms with Gasteiger partial charge >= 0.3 is 0 Å². The summed E-state index contributed by atoms with van der Waals surface area (Å²) in [6, 6.07) is 6.71. The maximum Gasteiger partial charge on any atom is 0.251 e. The quantitative estimate of drug-likeness (QED) is 0.947. The number of hydrogen-bond acceptors (Lipinski definition) is 3. The van der Waals surface area contributed by atoms with Crippen molar-refractivity contribution in [2.24, 2.45) is 0 Å². The molecule has 0 unspecified atom stereocenters. The number of rotatable bonds is 3. The number of hydrogen-bond donors (Lipinski definition) is 1. The van der Waals surface area contributed by atoms with Crippen molar-refractivity contribution >= 4 is 33.4 Å². The van der Waals surface area contributed by atoms with Crippen molar-refractivity contribution < 1.29 is 9.32 Å². The van der Waals surface area contributed by atoms with Crippen LogP contribution in [0.3, 0.4) is 0 Å². The minimum atomic E-state index is -0.212. The molecule has 0 aliphatic heterocycles. The Labute approximate surface area is 111 Å². The summed E-state index contributed by atoms with van der Waals surface area (Å²) in [5.41, 5.74) is 1.16. The van der Waals surface area contributed by atoms with Gasteiger partial charge in [0.1, 0.15) is 12.0 Å². The molecule has 0 fully saturated rings. The van der Waals surface area contributed by atoms with Gasteiger partial charge in [-0.1, -0.05) is 32.7 Å². The largest absolute Gasteiger partial charge is 0.364 e. The van der Waals surface area contributed by atoms with Crippen molar-refractivity contribution in [2.45, 2.75) is 6.54 Å². The molecular weight excluding hydrogens is 307 g/mol. The molecular formula is C11H8BrClN2O2. The van der Waals surface area contributed by atoms with Gasteiger partial charge in [0.25, 0.3) is 5.91 Å². The van der Waals surface area contributed by atoms with Gasteiger partial charge in [-0.15, -0.1) is 0 Å². The monoisotopic (exact) mass is 314 g/mol. The Hall–Kier alpha value is -1.33. The van der Waals surface area contributed by atoms with Crippen molar-refractivity contribution in [3.05, 3.63) is 51.3 Å². The minimum Gasteiger partial charge on any atom is -0.364 e. The van der Waals surface area contributed by atoms with E-state index < -0.39 is 0 Å². The maximum absolute atomic E-state index is 11.8. The molecule has 0 spiro atoms. The molecule has 1 aromatic heterocycles. The second-order valence-corrected chi connectivity index (χ2v) is 4.68. The molecule has 1 N–H and O–H groups in total. The Kier molecular flexibility index (Phi) is 3.81. The lowest BCUT2D eigenvalue weighted by Gasteiger charge is -2.04. The first-order valence-electron chi connectivity index (χ1n) is 4.79. The summed E-state index contributed by atoms with van der Waals surface area (Å²) in [5.74, 6) is -0.212. The summed E-state index contributed by atoms with van der Waals surface area (Å²) in [6.07, 6.45) is 1.46. The Balaban J connectivity index is 2.04. The highest BCUT2D eigenvalue weighted by molar-refractivity contribution is 9.10. The van der Waals surface area contributed by atoms with Crippen LogP contribution in [-0.2, 0) is 6.54 Å². The van der Waals surface area contributed by atoms with Gasteiger partial charge < -0.3 is 9.84 Å². The third kappa shape index (κ3) is 3.31. The van der Waals surface area contributed by atoms with Crippen LogP contribution >= 0.6 is 27.5 Å². The molecule has 2 rings (SSSR count). The van der Waals surface area contributed by atoms with Gasteiger partial charge in [-0.3, -0.25) is 4.79 Å². The van der Waals surface area contributed by atoms with Crippen LogP contribution < -0.4 is 5.32 Å². The highest BCUT2D eigenvalue weighted by atomic mass is 79.9. The normalized spacial score (nSPS) is 10.2. The van der Waals surface area contributed by atoms with Gasteiger partial charge in [-0.25, -0.2) is 0 Å². The van der Waals surface area contributed by atoms with E-state index in [-0.39, 0.29) is 5.91 Å². The summed E-state index contributed by atoms with van der Waals surface area (Å²) in [4.78, 5) is 11.8. The second-order valence-electron chi connectivity index (χ2n) is 3.33. The maximum atomic E-state index is 11.8. The van der Waals surface area contributed by atoms with E-state index in [0.717, 1.165) is 4.47 Å². The average molecular weight is 316 g/mol. The number of benzene rings is 1. The molecule has 88 valence electrons. The van der Waals surface area contributed by atoms with Crippen LogP contribution in [0.4, 0.5) is 0 Å². The summed E-state index contributed by atoms with van der Waals surface area (Å²) in [6.45, 7) is 0.319. The fourth-order valence-corrected chi connectivity index (χ4v) is 2.15. The van der Waals surface area contributed by atoms with E-state index in [2.05, 4.69) is 30.9 Å². The molecule has 0 aliphatic rings. The number of carbonyl (C=O) groups excluding carboxylic acids is 1. The predicted molar refractivity (Wildman–Crippen MR) is 66.8 cm³/mol. The second kappa shape index (κ2) is 5.33. The van der Waals surface area contributed by atoms with Gasteiger partial charge in [0.15, 0.2) is 0 Å². The van der Waals surface area contributed by atoms with E-state index in [9.17, 15) is 4.79 Å². The number of aromatic nitrogens is 1. The summed E-state index contributed by atoms with van der Waals surface area (Å²) >= 11 is 9.14. The molecule has 0 bridgehead atoms. The number of nitrogens with one attached hydrogen (secondary N) is 1. The van der Waals surface area contributed by atoms with Crippen LogP contribution in [0.15, 0.2) is 39.5 Å². The van der Waals surface area contributed by atoms with E-state index in [4.69, 9.17) is 11.6 Å². The molecule has 17 heavy (non-hydrogen) atoms. The fourth-order valence-electron chi connectivity index (χ4n) is 1.29. The van der Waals surface area contributed by atoms with Crippen molar-refractivity contribution in [2.75, 3.05) is 0 Å². The van der Waals surface area contributed by atoms with Crippen molar-refractivity contribution in [1.82, 2.24) is 10.5 Å². The third-order valence-corrected chi connectivity index (χ3v) is 2.72. The molecule has 6 heteroatoms. The lowest BCUT2D eigenvalue weighted by molar-refractivity contribution is 0.0950. The first-order chi connectivity index (χ1) is 8.15. The molecule has 0 saturated carbocycles. The van der Waals surface area contributed by atoms with Crippen molar-refractivity contribution in [1.29, 1.82) is 0 Å². The Morgan fingerprint density at radius 3 is 2.94 bits per heavy atom. The predicted octanol–water partition coefficient (Wildman–Crippen LogP) is 3.02. The van der Waals surface area contributed by atoms with Crippen LogP contribution in [0.2, 0.25) is 5.02 Å². The van der Waals surface area contributed by atoms with Gasteiger partial charge in [0, 0.05) is 21.1 Å². The molecule has 1 aromatic carbocycles. The highest BCUT2D eigenvalue weighted by Gasteiger charge is 2.08. The minimum absolute atomic E-state index is 0.212. The van der Waals surface area contributed by atoms with Crippen LogP contribution in [0.1, 0.15) is 16.1 Å². The Bertz CT molecular complexity index is 508. The van der Waals surface area contributed by atoms with Gasteiger partial charge in [0.05, 0.1) is 6.54 Å². The lowest BCUT2D eigenvalue weighted by atomic mass is 10.2. The summed E-state index contributed by atoms with van der Waals surface area (Å²) in [7, 11) is 0. The topological polar surface area (TPSA) is 55.1 Å². The van der Waals surface area contributed by atoms with E-state index in [0.29, 0.717) is 22.8 Å². The van der Waals surface area contributed by atoms with Gasteiger partial charge in [-0.05, 0) is 18.2 Å². The van der Waals surface area contributed by atoms with E-state index >= 15 is 0 Å². The Morgan fingerprint density at radius 1 is 1.47 bits per heavy atom.